The molecule has 1 aromatic heterocycles. The summed E-state index contributed by atoms with van der Waals surface area (Å²) in [5.74, 6) is 0.266. The molecule has 1 unspecified atom stereocenters. The molecule has 1 heterocycles. The Morgan fingerprint density at radius 2 is 2.29 bits per heavy atom. The van der Waals surface area contributed by atoms with Crippen molar-refractivity contribution in [2.24, 2.45) is 24.6 Å². The zero-order valence-electron chi connectivity index (χ0n) is 8.90. The standard InChI is InChI=1S/C10H17N3O/c1-7(2)9(4-11)10(14)8-5-12-13(3)6-8/h5-7,9H,4,11H2,1-3H3. The molecule has 0 spiro atoms. The van der Waals surface area contributed by atoms with E-state index in [0.717, 1.165) is 0 Å². The minimum absolute atomic E-state index is 0.0931. The Bertz CT molecular complexity index is 317. The molecule has 0 aliphatic carbocycles. The first-order valence-electron chi connectivity index (χ1n) is 4.79. The van der Waals surface area contributed by atoms with Gasteiger partial charge in [0.1, 0.15) is 0 Å². The average Bonchev–Trinajstić information content (AvgIpc) is 2.52. The first-order chi connectivity index (χ1) is 6.56. The van der Waals surface area contributed by atoms with Crippen LogP contribution in [0.4, 0.5) is 0 Å². The molecule has 4 heteroatoms. The van der Waals surface area contributed by atoms with E-state index < -0.39 is 0 Å². The van der Waals surface area contributed by atoms with Gasteiger partial charge in [0.25, 0.3) is 0 Å². The predicted molar refractivity (Wildman–Crippen MR) is 54.9 cm³/mol. The molecule has 0 saturated carbocycles. The monoisotopic (exact) mass is 195 g/mol. The fraction of sp³-hybridized carbons (Fsp3) is 0.600. The number of aryl methyl sites for hydroxylation is 1. The van der Waals surface area contributed by atoms with Crippen LogP contribution in [0.15, 0.2) is 12.4 Å². The lowest BCUT2D eigenvalue weighted by Gasteiger charge is -2.15. The highest BCUT2D eigenvalue weighted by molar-refractivity contribution is 5.97. The first kappa shape index (κ1) is 10.9. The molecule has 0 aromatic carbocycles. The summed E-state index contributed by atoms with van der Waals surface area (Å²) in [5.41, 5.74) is 6.22. The maximum Gasteiger partial charge on any atom is 0.170 e. The summed E-state index contributed by atoms with van der Waals surface area (Å²) < 4.78 is 1.63. The van der Waals surface area contributed by atoms with Gasteiger partial charge in [0, 0.05) is 25.7 Å². The zero-order chi connectivity index (χ0) is 10.7. The molecular formula is C10H17N3O. The van der Waals surface area contributed by atoms with E-state index in [4.69, 9.17) is 5.73 Å². The van der Waals surface area contributed by atoms with Gasteiger partial charge in [-0.1, -0.05) is 13.8 Å². The van der Waals surface area contributed by atoms with E-state index in [-0.39, 0.29) is 17.6 Å². The van der Waals surface area contributed by atoms with Crippen molar-refractivity contribution >= 4 is 5.78 Å². The van der Waals surface area contributed by atoms with E-state index in [9.17, 15) is 4.79 Å². The molecule has 0 fully saturated rings. The summed E-state index contributed by atoms with van der Waals surface area (Å²) in [7, 11) is 1.80. The molecule has 78 valence electrons. The third kappa shape index (κ3) is 2.20. The third-order valence-corrected chi connectivity index (χ3v) is 2.38. The van der Waals surface area contributed by atoms with E-state index in [0.29, 0.717) is 12.1 Å². The summed E-state index contributed by atoms with van der Waals surface area (Å²) in [6, 6.07) is 0. The van der Waals surface area contributed by atoms with E-state index in [1.807, 2.05) is 13.8 Å². The van der Waals surface area contributed by atoms with Crippen molar-refractivity contribution in [2.45, 2.75) is 13.8 Å². The van der Waals surface area contributed by atoms with Crippen molar-refractivity contribution in [3.05, 3.63) is 18.0 Å². The summed E-state index contributed by atoms with van der Waals surface area (Å²) in [6.07, 6.45) is 3.32. The number of hydrogen-bond acceptors (Lipinski definition) is 3. The third-order valence-electron chi connectivity index (χ3n) is 2.38. The van der Waals surface area contributed by atoms with E-state index in [1.54, 1.807) is 24.1 Å². The molecule has 0 aliphatic rings. The van der Waals surface area contributed by atoms with Crippen LogP contribution in [0.25, 0.3) is 0 Å². The molecule has 2 N–H and O–H groups in total. The quantitative estimate of drug-likeness (QED) is 0.724. The Balaban J connectivity index is 2.83. The van der Waals surface area contributed by atoms with Crippen LogP contribution in [0, 0.1) is 11.8 Å². The summed E-state index contributed by atoms with van der Waals surface area (Å²) >= 11 is 0. The molecule has 0 radical (unpaired) electrons. The van der Waals surface area contributed by atoms with Crippen molar-refractivity contribution in [3.8, 4) is 0 Å². The Morgan fingerprint density at radius 1 is 1.64 bits per heavy atom. The number of aromatic nitrogens is 2. The number of nitrogens with zero attached hydrogens (tertiary/aromatic N) is 2. The molecule has 0 saturated heterocycles. The van der Waals surface area contributed by atoms with Gasteiger partial charge in [-0.25, -0.2) is 0 Å². The second kappa shape index (κ2) is 4.37. The van der Waals surface area contributed by atoms with Gasteiger partial charge in [0.05, 0.1) is 11.8 Å². The summed E-state index contributed by atoms with van der Waals surface area (Å²) in [6.45, 7) is 4.41. The molecular weight excluding hydrogens is 178 g/mol. The van der Waals surface area contributed by atoms with Gasteiger partial charge in [-0.15, -0.1) is 0 Å². The Morgan fingerprint density at radius 3 is 2.64 bits per heavy atom. The van der Waals surface area contributed by atoms with E-state index in [2.05, 4.69) is 5.10 Å². The van der Waals surface area contributed by atoms with Crippen LogP contribution >= 0.6 is 0 Å². The smallest absolute Gasteiger partial charge is 0.170 e. The first-order valence-corrected chi connectivity index (χ1v) is 4.79. The number of ketones is 1. The molecule has 1 rings (SSSR count). The van der Waals surface area contributed by atoms with Crippen molar-refractivity contribution in [3.63, 3.8) is 0 Å². The largest absolute Gasteiger partial charge is 0.330 e. The number of hydrogen-bond donors (Lipinski definition) is 1. The Kier molecular flexibility index (Phi) is 3.41. The van der Waals surface area contributed by atoms with Crippen LogP contribution in [0.5, 0.6) is 0 Å². The van der Waals surface area contributed by atoms with Crippen molar-refractivity contribution in [1.82, 2.24) is 9.78 Å². The lowest BCUT2D eigenvalue weighted by molar-refractivity contribution is 0.0892. The van der Waals surface area contributed by atoms with Crippen molar-refractivity contribution in [2.75, 3.05) is 6.54 Å². The second-order valence-electron chi connectivity index (χ2n) is 3.85. The average molecular weight is 195 g/mol. The number of rotatable bonds is 4. The topological polar surface area (TPSA) is 60.9 Å². The minimum atomic E-state index is -0.0980. The van der Waals surface area contributed by atoms with Crippen LogP contribution in [0.3, 0.4) is 0 Å². The molecule has 1 atom stereocenters. The molecule has 0 aliphatic heterocycles. The fourth-order valence-corrected chi connectivity index (χ4v) is 1.44. The van der Waals surface area contributed by atoms with E-state index >= 15 is 0 Å². The van der Waals surface area contributed by atoms with Gasteiger partial charge < -0.3 is 5.73 Å². The molecule has 1 aromatic rings. The lowest BCUT2D eigenvalue weighted by atomic mass is 9.89. The second-order valence-corrected chi connectivity index (χ2v) is 3.85. The minimum Gasteiger partial charge on any atom is -0.330 e. The Hall–Kier alpha value is -1.16. The molecule has 14 heavy (non-hydrogen) atoms. The van der Waals surface area contributed by atoms with Gasteiger partial charge in [0.15, 0.2) is 5.78 Å². The van der Waals surface area contributed by atoms with Crippen molar-refractivity contribution < 1.29 is 4.79 Å². The van der Waals surface area contributed by atoms with Crippen LogP contribution in [0.2, 0.25) is 0 Å². The Labute approximate surface area is 84.1 Å². The van der Waals surface area contributed by atoms with E-state index in [1.165, 1.54) is 0 Å². The molecule has 4 nitrogen and oxygen atoms in total. The van der Waals surface area contributed by atoms with Crippen LogP contribution in [-0.4, -0.2) is 22.1 Å². The number of carbonyl (C=O) groups excluding carboxylic acids is 1. The molecule has 0 amide bonds. The van der Waals surface area contributed by atoms with Crippen molar-refractivity contribution in [1.29, 1.82) is 0 Å². The molecule has 0 bridgehead atoms. The van der Waals surface area contributed by atoms with Gasteiger partial charge in [0.2, 0.25) is 0 Å². The highest BCUT2D eigenvalue weighted by Gasteiger charge is 2.22. The van der Waals surface area contributed by atoms with Gasteiger partial charge in [-0.2, -0.15) is 5.10 Å². The zero-order valence-corrected chi connectivity index (χ0v) is 8.90. The maximum atomic E-state index is 11.9. The highest BCUT2D eigenvalue weighted by Crippen LogP contribution is 2.15. The SMILES string of the molecule is CC(C)C(CN)C(=O)c1cnn(C)c1. The van der Waals surface area contributed by atoms with Crippen LogP contribution in [-0.2, 0) is 7.05 Å². The maximum absolute atomic E-state index is 11.9. The van der Waals surface area contributed by atoms with Gasteiger partial charge >= 0.3 is 0 Å². The predicted octanol–water partition coefficient (Wildman–Crippen LogP) is 0.834. The van der Waals surface area contributed by atoms with Gasteiger partial charge in [-0.05, 0) is 5.92 Å². The number of carbonyl (C=O) groups is 1. The number of Topliss-reactive ketones (excluding diaryl/α,β-unsaturated/α-hetero) is 1. The van der Waals surface area contributed by atoms with Crippen LogP contribution in [0.1, 0.15) is 24.2 Å². The highest BCUT2D eigenvalue weighted by atomic mass is 16.1. The lowest BCUT2D eigenvalue weighted by Crippen LogP contribution is -2.28. The summed E-state index contributed by atoms with van der Waals surface area (Å²) in [4.78, 5) is 11.9. The van der Waals surface area contributed by atoms with Crippen LogP contribution < -0.4 is 5.73 Å². The van der Waals surface area contributed by atoms with Gasteiger partial charge in [-0.3, -0.25) is 9.48 Å². The summed E-state index contributed by atoms with van der Waals surface area (Å²) in [5, 5.41) is 3.97. The normalized spacial score (nSPS) is 13.2. The number of nitrogens with two attached hydrogens (primary N) is 1. The fourth-order valence-electron chi connectivity index (χ4n) is 1.44.